The van der Waals surface area contributed by atoms with Gasteiger partial charge in [-0.25, -0.2) is 0 Å². The van der Waals surface area contributed by atoms with Gasteiger partial charge in [-0.3, -0.25) is 4.79 Å². The van der Waals surface area contributed by atoms with Crippen molar-refractivity contribution >= 4 is 18.5 Å². The van der Waals surface area contributed by atoms with E-state index in [9.17, 15) is 4.79 Å². The number of carbonyl (C=O) groups is 1. The van der Waals surface area contributed by atoms with Gasteiger partial charge in [-0.1, -0.05) is 5.16 Å². The highest BCUT2D eigenvalue weighted by Crippen LogP contribution is 2.49. The summed E-state index contributed by atoms with van der Waals surface area (Å²) in [6, 6.07) is 0. The molecule has 16 heavy (non-hydrogen) atoms. The van der Waals surface area contributed by atoms with Crippen LogP contribution in [-0.4, -0.2) is 28.3 Å². The SMILES string of the molecule is O=C(CC1(CS)CC1)NCCc1ncno1. The maximum absolute atomic E-state index is 11.6. The third-order valence-corrected chi connectivity index (χ3v) is 3.57. The van der Waals surface area contributed by atoms with E-state index in [4.69, 9.17) is 4.52 Å². The molecule has 0 bridgehead atoms. The lowest BCUT2D eigenvalue weighted by Gasteiger charge is -2.10. The quantitative estimate of drug-likeness (QED) is 0.724. The molecule has 2 rings (SSSR count). The Morgan fingerprint density at radius 3 is 3.00 bits per heavy atom. The van der Waals surface area contributed by atoms with E-state index in [0.717, 1.165) is 18.6 Å². The van der Waals surface area contributed by atoms with Gasteiger partial charge in [-0.05, 0) is 24.0 Å². The number of carbonyl (C=O) groups excluding carboxylic acids is 1. The van der Waals surface area contributed by atoms with E-state index in [-0.39, 0.29) is 11.3 Å². The minimum atomic E-state index is 0.0889. The van der Waals surface area contributed by atoms with Crippen LogP contribution in [-0.2, 0) is 11.2 Å². The molecule has 1 N–H and O–H groups in total. The number of rotatable bonds is 6. The zero-order valence-electron chi connectivity index (χ0n) is 8.98. The van der Waals surface area contributed by atoms with Crippen LogP contribution in [0.3, 0.4) is 0 Å². The second-order valence-corrected chi connectivity index (χ2v) is 4.59. The van der Waals surface area contributed by atoms with E-state index in [1.807, 2.05) is 0 Å². The molecule has 6 heteroatoms. The molecule has 1 aliphatic carbocycles. The monoisotopic (exact) mass is 241 g/mol. The molecule has 1 aromatic rings. The molecule has 0 atom stereocenters. The first kappa shape index (κ1) is 11.4. The summed E-state index contributed by atoms with van der Waals surface area (Å²) in [5, 5.41) is 6.34. The Labute approximate surface area is 99.4 Å². The topological polar surface area (TPSA) is 68.0 Å². The van der Waals surface area contributed by atoms with Crippen molar-refractivity contribution in [3.05, 3.63) is 12.2 Å². The second kappa shape index (κ2) is 4.86. The molecular weight excluding hydrogens is 226 g/mol. The maximum Gasteiger partial charge on any atom is 0.228 e. The lowest BCUT2D eigenvalue weighted by atomic mass is 10.1. The van der Waals surface area contributed by atoms with Crippen molar-refractivity contribution < 1.29 is 9.32 Å². The minimum absolute atomic E-state index is 0.0889. The third kappa shape index (κ3) is 2.98. The van der Waals surface area contributed by atoms with Gasteiger partial charge in [0.25, 0.3) is 0 Å². The molecule has 1 saturated carbocycles. The van der Waals surface area contributed by atoms with Gasteiger partial charge in [0.05, 0.1) is 0 Å². The summed E-state index contributed by atoms with van der Waals surface area (Å²) >= 11 is 4.26. The van der Waals surface area contributed by atoms with Crippen molar-refractivity contribution in [3.8, 4) is 0 Å². The molecule has 1 aromatic heterocycles. The third-order valence-electron chi connectivity index (χ3n) is 2.90. The zero-order chi connectivity index (χ0) is 11.4. The number of aromatic nitrogens is 2. The predicted octanol–water partition coefficient (Wildman–Crippen LogP) is 0.828. The molecule has 0 radical (unpaired) electrons. The van der Waals surface area contributed by atoms with E-state index in [2.05, 4.69) is 28.1 Å². The van der Waals surface area contributed by atoms with Gasteiger partial charge in [0.15, 0.2) is 6.33 Å². The van der Waals surface area contributed by atoms with E-state index >= 15 is 0 Å². The Kier molecular flexibility index (Phi) is 3.48. The first-order valence-corrected chi connectivity index (χ1v) is 6.00. The normalized spacial score (nSPS) is 17.1. The molecule has 5 nitrogen and oxygen atoms in total. The second-order valence-electron chi connectivity index (χ2n) is 4.27. The molecule has 1 amide bonds. The summed E-state index contributed by atoms with van der Waals surface area (Å²) in [7, 11) is 0. The van der Waals surface area contributed by atoms with E-state index in [0.29, 0.717) is 25.3 Å². The van der Waals surface area contributed by atoms with Crippen molar-refractivity contribution in [1.29, 1.82) is 0 Å². The summed E-state index contributed by atoms with van der Waals surface area (Å²) in [4.78, 5) is 15.4. The lowest BCUT2D eigenvalue weighted by molar-refractivity contribution is -0.122. The zero-order valence-corrected chi connectivity index (χ0v) is 9.87. The van der Waals surface area contributed by atoms with Gasteiger partial charge >= 0.3 is 0 Å². The van der Waals surface area contributed by atoms with Crippen LogP contribution in [0.4, 0.5) is 0 Å². The fraction of sp³-hybridized carbons (Fsp3) is 0.700. The molecule has 0 unspecified atom stereocenters. The molecule has 0 aliphatic heterocycles. The van der Waals surface area contributed by atoms with Crippen molar-refractivity contribution in [2.24, 2.45) is 5.41 Å². The van der Waals surface area contributed by atoms with E-state index in [1.54, 1.807) is 0 Å². The van der Waals surface area contributed by atoms with Gasteiger partial charge in [0, 0.05) is 19.4 Å². The lowest BCUT2D eigenvalue weighted by Crippen LogP contribution is -2.28. The standard InChI is InChI=1S/C10H15N3O2S/c14-8(5-10(6-16)2-3-10)11-4-1-9-12-7-13-15-9/h7,16H,1-6H2,(H,11,14). The summed E-state index contributed by atoms with van der Waals surface area (Å²) in [5.74, 6) is 1.44. The molecule has 0 spiro atoms. The van der Waals surface area contributed by atoms with E-state index in [1.165, 1.54) is 6.33 Å². The van der Waals surface area contributed by atoms with E-state index < -0.39 is 0 Å². The number of amides is 1. The van der Waals surface area contributed by atoms with Crippen LogP contribution in [0.15, 0.2) is 10.9 Å². The minimum Gasteiger partial charge on any atom is -0.356 e. The predicted molar refractivity (Wildman–Crippen MR) is 61.1 cm³/mol. The van der Waals surface area contributed by atoms with Crippen LogP contribution >= 0.6 is 12.6 Å². The largest absolute Gasteiger partial charge is 0.356 e. The summed E-state index contributed by atoms with van der Waals surface area (Å²) < 4.78 is 4.83. The smallest absolute Gasteiger partial charge is 0.228 e. The summed E-state index contributed by atoms with van der Waals surface area (Å²) in [6.07, 6.45) is 4.76. The van der Waals surface area contributed by atoms with Gasteiger partial charge in [0.1, 0.15) is 0 Å². The Hall–Kier alpha value is -1.04. The number of hydrogen-bond donors (Lipinski definition) is 2. The van der Waals surface area contributed by atoms with Gasteiger partial charge in [-0.15, -0.1) is 0 Å². The number of nitrogens with one attached hydrogen (secondary N) is 1. The maximum atomic E-state index is 11.6. The Balaban J connectivity index is 1.64. The average Bonchev–Trinajstić information content (AvgIpc) is 2.85. The highest BCUT2D eigenvalue weighted by molar-refractivity contribution is 7.80. The van der Waals surface area contributed by atoms with Crippen LogP contribution in [0.5, 0.6) is 0 Å². The van der Waals surface area contributed by atoms with Crippen LogP contribution in [0.1, 0.15) is 25.2 Å². The van der Waals surface area contributed by atoms with Crippen molar-refractivity contribution in [2.75, 3.05) is 12.3 Å². The highest BCUT2D eigenvalue weighted by Gasteiger charge is 2.42. The van der Waals surface area contributed by atoms with Crippen LogP contribution in [0, 0.1) is 5.41 Å². The number of nitrogens with zero attached hydrogens (tertiary/aromatic N) is 2. The molecule has 88 valence electrons. The molecule has 1 aliphatic rings. The summed E-state index contributed by atoms with van der Waals surface area (Å²) in [6.45, 7) is 0.545. The van der Waals surface area contributed by atoms with Crippen LogP contribution in [0.25, 0.3) is 0 Å². The van der Waals surface area contributed by atoms with Crippen molar-refractivity contribution in [3.63, 3.8) is 0 Å². The highest BCUT2D eigenvalue weighted by atomic mass is 32.1. The molecule has 0 aromatic carbocycles. The van der Waals surface area contributed by atoms with Crippen molar-refractivity contribution in [1.82, 2.24) is 15.5 Å². The first-order chi connectivity index (χ1) is 7.74. The summed E-state index contributed by atoms with van der Waals surface area (Å²) in [5.41, 5.74) is 0.178. The Morgan fingerprint density at radius 2 is 2.44 bits per heavy atom. The van der Waals surface area contributed by atoms with Gasteiger partial charge < -0.3 is 9.84 Å². The number of hydrogen-bond acceptors (Lipinski definition) is 5. The fourth-order valence-electron chi connectivity index (χ4n) is 1.59. The molecule has 1 heterocycles. The van der Waals surface area contributed by atoms with Gasteiger partial charge in [0.2, 0.25) is 11.8 Å². The fourth-order valence-corrected chi connectivity index (χ4v) is 2.01. The molecule has 1 fully saturated rings. The molecule has 0 saturated heterocycles. The van der Waals surface area contributed by atoms with Gasteiger partial charge in [-0.2, -0.15) is 17.6 Å². The van der Waals surface area contributed by atoms with Crippen molar-refractivity contribution in [2.45, 2.75) is 25.7 Å². The Morgan fingerprint density at radius 1 is 1.62 bits per heavy atom. The average molecular weight is 241 g/mol. The first-order valence-electron chi connectivity index (χ1n) is 5.37. The number of thiol groups is 1. The van der Waals surface area contributed by atoms with Crippen LogP contribution in [0.2, 0.25) is 0 Å². The molecular formula is C10H15N3O2S. The van der Waals surface area contributed by atoms with Crippen LogP contribution < -0.4 is 5.32 Å². The Bertz CT molecular complexity index is 349.